The van der Waals surface area contributed by atoms with Crippen molar-refractivity contribution >= 4 is 29.9 Å². The van der Waals surface area contributed by atoms with E-state index in [9.17, 15) is 0 Å². The number of rotatable bonds is 5. The Morgan fingerprint density at radius 3 is 2.81 bits per heavy atom. The van der Waals surface area contributed by atoms with Crippen LogP contribution >= 0.6 is 24.0 Å². The molecule has 0 aromatic rings. The van der Waals surface area contributed by atoms with Crippen molar-refractivity contribution < 1.29 is 9.47 Å². The van der Waals surface area contributed by atoms with Crippen LogP contribution in [0.1, 0.15) is 33.6 Å². The molecule has 0 amide bonds. The third-order valence-electron chi connectivity index (χ3n) is 5.55. The lowest BCUT2D eigenvalue weighted by Gasteiger charge is -2.33. The van der Waals surface area contributed by atoms with E-state index in [1.165, 1.54) is 12.8 Å². The first-order valence-electron chi connectivity index (χ1n) is 10.1. The Kier molecular flexibility index (Phi) is 8.90. The van der Waals surface area contributed by atoms with Gasteiger partial charge in [0.2, 0.25) is 0 Å². The van der Waals surface area contributed by atoms with E-state index in [0.29, 0.717) is 11.3 Å². The van der Waals surface area contributed by atoms with Crippen LogP contribution in [0.3, 0.4) is 0 Å². The van der Waals surface area contributed by atoms with Crippen LogP contribution in [0.2, 0.25) is 0 Å². The molecular weight excluding hydrogens is 443 g/mol. The first-order valence-corrected chi connectivity index (χ1v) is 10.1. The molecule has 0 aromatic carbocycles. The molecule has 1 spiro atoms. The molecule has 2 atom stereocenters. The minimum absolute atomic E-state index is 0. The van der Waals surface area contributed by atoms with Gasteiger partial charge in [0.05, 0.1) is 25.9 Å². The predicted octanol–water partition coefficient (Wildman–Crippen LogP) is 2.04. The molecule has 0 radical (unpaired) electrons. The molecule has 6 nitrogen and oxygen atoms in total. The summed E-state index contributed by atoms with van der Waals surface area (Å²) in [5, 5.41) is 3.48. The van der Waals surface area contributed by atoms with Crippen molar-refractivity contribution in [2.75, 3.05) is 65.6 Å². The van der Waals surface area contributed by atoms with E-state index in [0.717, 1.165) is 71.6 Å². The minimum atomic E-state index is 0. The van der Waals surface area contributed by atoms with Crippen LogP contribution in [0.5, 0.6) is 0 Å². The molecular formula is C19H37IN4O2. The van der Waals surface area contributed by atoms with E-state index >= 15 is 0 Å². The summed E-state index contributed by atoms with van der Waals surface area (Å²) >= 11 is 0. The molecule has 152 valence electrons. The zero-order valence-electron chi connectivity index (χ0n) is 16.7. The standard InChI is InChI=1S/C19H36N4O2.HI/c1-4-20-18(23-7-5-19(14-23)6-9-24-15-19)21-11-17-13-22(8-10-25-17)12-16(2)3;/h16-17H,4-15H2,1-3H3,(H,20,21);1H. The van der Waals surface area contributed by atoms with Crippen LogP contribution in [-0.2, 0) is 9.47 Å². The second-order valence-corrected chi connectivity index (χ2v) is 8.31. The quantitative estimate of drug-likeness (QED) is 0.371. The summed E-state index contributed by atoms with van der Waals surface area (Å²) in [5.74, 6) is 1.75. The number of morpholine rings is 1. The van der Waals surface area contributed by atoms with Crippen LogP contribution in [0.15, 0.2) is 4.99 Å². The highest BCUT2D eigenvalue weighted by molar-refractivity contribution is 14.0. The van der Waals surface area contributed by atoms with E-state index in [4.69, 9.17) is 14.5 Å². The largest absolute Gasteiger partial charge is 0.381 e. The van der Waals surface area contributed by atoms with Gasteiger partial charge in [-0.05, 0) is 25.7 Å². The van der Waals surface area contributed by atoms with Gasteiger partial charge in [-0.15, -0.1) is 24.0 Å². The number of aliphatic imine (C=N–C) groups is 1. The molecule has 3 saturated heterocycles. The maximum Gasteiger partial charge on any atom is 0.194 e. The molecule has 2 unspecified atom stereocenters. The minimum Gasteiger partial charge on any atom is -0.381 e. The first-order chi connectivity index (χ1) is 12.1. The zero-order valence-corrected chi connectivity index (χ0v) is 19.0. The lowest BCUT2D eigenvalue weighted by Crippen LogP contribution is -2.46. The Hall–Kier alpha value is -0.120. The summed E-state index contributed by atoms with van der Waals surface area (Å²) in [7, 11) is 0. The number of hydrogen-bond acceptors (Lipinski definition) is 4. The summed E-state index contributed by atoms with van der Waals surface area (Å²) in [4.78, 5) is 9.87. The number of guanidine groups is 1. The van der Waals surface area contributed by atoms with Gasteiger partial charge in [-0.1, -0.05) is 13.8 Å². The number of hydrogen-bond donors (Lipinski definition) is 1. The molecule has 3 heterocycles. The van der Waals surface area contributed by atoms with Crippen molar-refractivity contribution in [3.63, 3.8) is 0 Å². The van der Waals surface area contributed by atoms with Gasteiger partial charge in [0, 0.05) is 51.3 Å². The molecule has 7 heteroatoms. The summed E-state index contributed by atoms with van der Waals surface area (Å²) in [6, 6.07) is 0. The van der Waals surface area contributed by atoms with Crippen molar-refractivity contribution in [3.8, 4) is 0 Å². The van der Waals surface area contributed by atoms with Crippen LogP contribution in [-0.4, -0.2) is 87.5 Å². The molecule has 0 bridgehead atoms. The topological polar surface area (TPSA) is 49.3 Å². The van der Waals surface area contributed by atoms with Crippen molar-refractivity contribution in [2.45, 2.75) is 39.7 Å². The van der Waals surface area contributed by atoms with Gasteiger partial charge in [-0.25, -0.2) is 0 Å². The predicted molar refractivity (Wildman–Crippen MR) is 116 cm³/mol. The van der Waals surface area contributed by atoms with Gasteiger partial charge in [-0.3, -0.25) is 9.89 Å². The van der Waals surface area contributed by atoms with E-state index in [-0.39, 0.29) is 30.1 Å². The fourth-order valence-electron chi connectivity index (χ4n) is 4.27. The van der Waals surface area contributed by atoms with Gasteiger partial charge >= 0.3 is 0 Å². The Morgan fingerprint density at radius 1 is 1.27 bits per heavy atom. The molecule has 0 aliphatic carbocycles. The SMILES string of the molecule is CCNC(=NCC1CN(CC(C)C)CCO1)N1CCC2(CCOC2)C1.I. The fraction of sp³-hybridized carbons (Fsp3) is 0.947. The molecule has 3 rings (SSSR count). The second kappa shape index (κ2) is 10.4. The Bertz CT molecular complexity index is 455. The maximum atomic E-state index is 5.96. The smallest absolute Gasteiger partial charge is 0.194 e. The van der Waals surface area contributed by atoms with E-state index < -0.39 is 0 Å². The van der Waals surface area contributed by atoms with Crippen LogP contribution in [0.4, 0.5) is 0 Å². The lowest BCUT2D eigenvalue weighted by atomic mass is 9.87. The van der Waals surface area contributed by atoms with Gasteiger partial charge in [-0.2, -0.15) is 0 Å². The summed E-state index contributed by atoms with van der Waals surface area (Å²) in [6.07, 6.45) is 2.63. The number of likely N-dealkylation sites (tertiary alicyclic amines) is 1. The Labute approximate surface area is 176 Å². The summed E-state index contributed by atoms with van der Waals surface area (Å²) in [6.45, 7) is 16.4. The van der Waals surface area contributed by atoms with Crippen molar-refractivity contribution in [2.24, 2.45) is 16.3 Å². The monoisotopic (exact) mass is 480 g/mol. The van der Waals surface area contributed by atoms with Gasteiger partial charge < -0.3 is 19.7 Å². The molecule has 3 aliphatic rings. The third-order valence-corrected chi connectivity index (χ3v) is 5.55. The average Bonchev–Trinajstić information content (AvgIpc) is 3.21. The molecule has 0 aromatic heterocycles. The molecule has 26 heavy (non-hydrogen) atoms. The van der Waals surface area contributed by atoms with Gasteiger partial charge in [0.25, 0.3) is 0 Å². The highest BCUT2D eigenvalue weighted by Crippen LogP contribution is 2.38. The highest BCUT2D eigenvalue weighted by Gasteiger charge is 2.42. The normalized spacial score (nSPS) is 30.2. The van der Waals surface area contributed by atoms with Crippen LogP contribution in [0, 0.1) is 11.3 Å². The van der Waals surface area contributed by atoms with Crippen molar-refractivity contribution in [1.82, 2.24) is 15.1 Å². The van der Waals surface area contributed by atoms with Gasteiger partial charge in [0.1, 0.15) is 0 Å². The van der Waals surface area contributed by atoms with Crippen LogP contribution in [0.25, 0.3) is 0 Å². The maximum absolute atomic E-state index is 5.96. The van der Waals surface area contributed by atoms with Gasteiger partial charge in [0.15, 0.2) is 5.96 Å². The number of ether oxygens (including phenoxy) is 2. The molecule has 0 saturated carbocycles. The Morgan fingerprint density at radius 2 is 2.12 bits per heavy atom. The lowest BCUT2D eigenvalue weighted by molar-refractivity contribution is -0.0262. The third kappa shape index (κ3) is 5.94. The summed E-state index contributed by atoms with van der Waals surface area (Å²) in [5.41, 5.74) is 0.367. The molecule has 3 fully saturated rings. The zero-order chi connectivity index (χ0) is 17.7. The van der Waals surface area contributed by atoms with E-state index in [1.54, 1.807) is 0 Å². The van der Waals surface area contributed by atoms with Crippen molar-refractivity contribution in [1.29, 1.82) is 0 Å². The van der Waals surface area contributed by atoms with Crippen molar-refractivity contribution in [3.05, 3.63) is 0 Å². The fourth-order valence-corrected chi connectivity index (χ4v) is 4.27. The number of nitrogens with one attached hydrogen (secondary N) is 1. The number of nitrogens with zero attached hydrogens (tertiary/aromatic N) is 3. The first kappa shape index (κ1) is 22.2. The average molecular weight is 480 g/mol. The number of halogens is 1. The molecule has 1 N–H and O–H groups in total. The Balaban J connectivity index is 0.00000243. The summed E-state index contributed by atoms with van der Waals surface area (Å²) < 4.78 is 11.6. The van der Waals surface area contributed by atoms with Crippen LogP contribution < -0.4 is 5.32 Å². The second-order valence-electron chi connectivity index (χ2n) is 8.31. The molecule has 3 aliphatic heterocycles. The van der Waals surface area contributed by atoms with E-state index in [1.807, 2.05) is 0 Å². The highest BCUT2D eigenvalue weighted by atomic mass is 127. The van der Waals surface area contributed by atoms with E-state index in [2.05, 4.69) is 35.9 Å².